The summed E-state index contributed by atoms with van der Waals surface area (Å²) < 4.78 is 4.33. The smallest absolute Gasteiger partial charge is 0.164 e. The molecule has 0 spiro atoms. The molecule has 0 fully saturated rings. The third-order valence-electron chi connectivity index (χ3n) is 12.5. The van der Waals surface area contributed by atoms with E-state index in [4.69, 9.17) is 29.9 Å². The molecule has 2 atom stereocenters. The summed E-state index contributed by atoms with van der Waals surface area (Å²) in [5.74, 6) is 3.98. The van der Waals surface area contributed by atoms with Crippen LogP contribution in [0.25, 0.3) is 90.4 Å². The van der Waals surface area contributed by atoms with Gasteiger partial charge in [-0.25, -0.2) is 24.9 Å². The Labute approximate surface area is 396 Å². The van der Waals surface area contributed by atoms with Gasteiger partial charge in [0.1, 0.15) is 17.5 Å². The number of benzene rings is 5. The Balaban J connectivity index is 0.981. The van der Waals surface area contributed by atoms with Gasteiger partial charge in [-0.2, -0.15) is 0 Å². The molecule has 0 saturated carbocycles. The molecule has 13 rings (SSSR count). The van der Waals surface area contributed by atoms with Crippen LogP contribution in [0.1, 0.15) is 5.56 Å². The highest BCUT2D eigenvalue weighted by atomic mass is 15.3. The lowest BCUT2D eigenvalue weighted by molar-refractivity contribution is 0.739. The molecule has 11 aromatic rings. The number of hydrogen-bond acceptors (Lipinski definition) is 10. The Morgan fingerprint density at radius 1 is 0.377 bits per heavy atom. The number of amidine groups is 1. The Hall–Kier alpha value is -9.55. The highest BCUT2D eigenvalue weighted by Gasteiger charge is 2.36. The van der Waals surface area contributed by atoms with Crippen LogP contribution in [0.15, 0.2) is 224 Å². The van der Waals surface area contributed by atoms with E-state index in [1.54, 1.807) is 18.6 Å². The molecule has 12 nitrogen and oxygen atoms in total. The van der Waals surface area contributed by atoms with Crippen LogP contribution >= 0.6 is 0 Å². The van der Waals surface area contributed by atoms with Gasteiger partial charge in [-0.15, -0.1) is 0 Å². The zero-order chi connectivity index (χ0) is 45.7. The summed E-state index contributed by atoms with van der Waals surface area (Å²) in [5.41, 5.74) is 11.7. The molecular weight excluding hydrogens is 853 g/mol. The molecule has 12 heteroatoms. The van der Waals surface area contributed by atoms with Gasteiger partial charge >= 0.3 is 0 Å². The number of anilines is 1. The van der Waals surface area contributed by atoms with Crippen molar-refractivity contribution in [3.05, 3.63) is 225 Å². The number of aliphatic imine (C=N–C) groups is 1. The molecule has 0 N–H and O–H groups in total. The monoisotopic (exact) mass is 890 g/mol. The first-order chi connectivity index (χ1) is 34.2. The lowest BCUT2D eigenvalue weighted by atomic mass is 10.0. The number of para-hydroxylation sites is 4. The van der Waals surface area contributed by atoms with Crippen molar-refractivity contribution >= 4 is 33.6 Å². The minimum atomic E-state index is -0.0404. The van der Waals surface area contributed by atoms with E-state index < -0.39 is 0 Å². The second kappa shape index (κ2) is 16.7. The highest BCUT2D eigenvalue weighted by molar-refractivity contribution is 6.12. The molecule has 326 valence electrons. The van der Waals surface area contributed by atoms with Crippen LogP contribution in [-0.2, 0) is 0 Å². The van der Waals surface area contributed by atoms with Gasteiger partial charge in [-0.1, -0.05) is 85.0 Å². The van der Waals surface area contributed by atoms with E-state index in [0.717, 1.165) is 90.0 Å². The summed E-state index contributed by atoms with van der Waals surface area (Å²) in [4.78, 5) is 46.8. The normalized spacial score (nSPS) is 15.2. The van der Waals surface area contributed by atoms with Crippen LogP contribution in [0.4, 0.5) is 5.69 Å². The largest absolute Gasteiger partial charge is 0.317 e. The maximum Gasteiger partial charge on any atom is 0.164 e. The number of rotatable bonds is 9. The second-order valence-electron chi connectivity index (χ2n) is 16.8. The predicted octanol–water partition coefficient (Wildman–Crippen LogP) is 11.2. The van der Waals surface area contributed by atoms with E-state index in [1.807, 2.05) is 110 Å². The molecule has 69 heavy (non-hydrogen) atoms. The molecule has 5 aromatic carbocycles. The first kappa shape index (κ1) is 39.8. The molecule has 0 saturated heterocycles. The number of nitrogens with zero attached hydrogens (tertiary/aromatic N) is 12. The molecule has 0 radical (unpaired) electrons. The van der Waals surface area contributed by atoms with E-state index in [1.165, 1.54) is 0 Å². The third kappa shape index (κ3) is 7.15. The summed E-state index contributed by atoms with van der Waals surface area (Å²) >= 11 is 0. The standard InChI is InChI=1S/C57H38N12/c1-4-25-49-46(22-1)61-55(40-16-10-28-58-34-40)67(49)43-19-7-13-37(31-43)52-64-53(38-14-8-20-44(32-38)68-50-26-5-2-23-47(50)62-56(68)41-17-11-29-59-35-41)66-54(65-52)39-15-9-21-45(33-39)69-51-27-6-3-24-48(51)63-57(69)42-18-12-30-60-36-42/h1-36,46,49H. The van der Waals surface area contributed by atoms with Gasteiger partial charge < -0.3 is 4.90 Å². The van der Waals surface area contributed by atoms with Crippen LogP contribution < -0.4 is 4.90 Å². The topological polar surface area (TPSA) is 129 Å². The fourth-order valence-corrected chi connectivity index (χ4v) is 9.37. The summed E-state index contributed by atoms with van der Waals surface area (Å²) in [6.07, 6.45) is 19.4. The van der Waals surface area contributed by atoms with Gasteiger partial charge in [0.05, 0.1) is 34.2 Å². The maximum absolute atomic E-state index is 5.30. The molecule has 2 unspecified atom stereocenters. The van der Waals surface area contributed by atoms with Crippen LogP contribution in [0.3, 0.4) is 0 Å². The van der Waals surface area contributed by atoms with Crippen molar-refractivity contribution in [3.8, 4) is 68.3 Å². The van der Waals surface area contributed by atoms with E-state index in [-0.39, 0.29) is 12.1 Å². The van der Waals surface area contributed by atoms with Crippen LogP contribution in [-0.4, -0.2) is 66.9 Å². The highest BCUT2D eigenvalue weighted by Crippen LogP contribution is 2.36. The number of pyridine rings is 3. The van der Waals surface area contributed by atoms with Crippen LogP contribution in [0.2, 0.25) is 0 Å². The average molecular weight is 891 g/mol. The summed E-state index contributed by atoms with van der Waals surface area (Å²) in [7, 11) is 0. The molecule has 1 aliphatic carbocycles. The first-order valence-corrected chi connectivity index (χ1v) is 22.7. The SMILES string of the molecule is C1=CC2N=C(c3cccnc3)N(c3cccc(-c4nc(-c5cccc(-n6c(-c7cccnc7)nc7ccccc76)c5)nc(-c5cccc(-n6c(-c7cccnc7)nc7ccccc76)c5)n4)c3)C2C=C1. The van der Waals surface area contributed by atoms with Gasteiger partial charge in [0.15, 0.2) is 17.5 Å². The third-order valence-corrected chi connectivity index (χ3v) is 12.5. The Morgan fingerprint density at radius 3 is 1.33 bits per heavy atom. The number of imidazole rings is 2. The predicted molar refractivity (Wildman–Crippen MR) is 271 cm³/mol. The zero-order valence-electron chi connectivity index (χ0n) is 36.8. The van der Waals surface area contributed by atoms with Crippen molar-refractivity contribution in [2.75, 3.05) is 4.90 Å². The van der Waals surface area contributed by atoms with Gasteiger partial charge in [0, 0.05) is 87.6 Å². The number of allylic oxidation sites excluding steroid dienone is 2. The van der Waals surface area contributed by atoms with Gasteiger partial charge in [-0.3, -0.25) is 29.1 Å². The Kier molecular flexibility index (Phi) is 9.63. The van der Waals surface area contributed by atoms with E-state index in [9.17, 15) is 0 Å². The summed E-state index contributed by atoms with van der Waals surface area (Å²) in [5, 5.41) is 0. The van der Waals surface area contributed by atoms with E-state index in [0.29, 0.717) is 17.5 Å². The van der Waals surface area contributed by atoms with Crippen molar-refractivity contribution in [1.82, 2.24) is 49.0 Å². The number of fused-ring (bicyclic) bond motifs is 3. The van der Waals surface area contributed by atoms with Gasteiger partial charge in [0.25, 0.3) is 0 Å². The minimum Gasteiger partial charge on any atom is -0.317 e. The van der Waals surface area contributed by atoms with Crippen molar-refractivity contribution in [1.29, 1.82) is 0 Å². The van der Waals surface area contributed by atoms with Crippen molar-refractivity contribution < 1.29 is 0 Å². The van der Waals surface area contributed by atoms with Crippen molar-refractivity contribution in [2.24, 2.45) is 4.99 Å². The first-order valence-electron chi connectivity index (χ1n) is 22.7. The fraction of sp³-hybridized carbons (Fsp3) is 0.0351. The van der Waals surface area contributed by atoms with Crippen molar-refractivity contribution in [2.45, 2.75) is 12.1 Å². The minimum absolute atomic E-state index is 0.0120. The van der Waals surface area contributed by atoms with Crippen LogP contribution in [0.5, 0.6) is 0 Å². The lowest BCUT2D eigenvalue weighted by Crippen LogP contribution is -2.39. The molecule has 0 amide bonds. The molecule has 2 aliphatic rings. The van der Waals surface area contributed by atoms with Crippen molar-refractivity contribution in [3.63, 3.8) is 0 Å². The van der Waals surface area contributed by atoms with E-state index in [2.05, 4.69) is 120 Å². The quantitative estimate of drug-likeness (QED) is 0.139. The Bertz CT molecular complexity index is 3640. The molecule has 6 aromatic heterocycles. The zero-order valence-corrected chi connectivity index (χ0v) is 36.8. The summed E-state index contributed by atoms with van der Waals surface area (Å²) in [6, 6.07) is 53.1. The second-order valence-corrected chi connectivity index (χ2v) is 16.8. The molecular formula is C57H38N12. The average Bonchev–Trinajstić information content (AvgIpc) is 4.14. The van der Waals surface area contributed by atoms with Gasteiger partial charge in [0.2, 0.25) is 0 Å². The number of hydrogen-bond donors (Lipinski definition) is 0. The lowest BCUT2D eigenvalue weighted by Gasteiger charge is -2.29. The fourth-order valence-electron chi connectivity index (χ4n) is 9.37. The number of aromatic nitrogens is 10. The Morgan fingerprint density at radius 2 is 0.826 bits per heavy atom. The molecule has 1 aliphatic heterocycles. The van der Waals surface area contributed by atoms with Gasteiger partial charge in [-0.05, 0) is 97.1 Å². The summed E-state index contributed by atoms with van der Waals surface area (Å²) in [6.45, 7) is 0. The molecule has 7 heterocycles. The van der Waals surface area contributed by atoms with E-state index >= 15 is 0 Å². The van der Waals surface area contributed by atoms with Crippen LogP contribution in [0, 0.1) is 0 Å². The molecule has 0 bridgehead atoms. The maximum atomic E-state index is 5.30.